The number of thioether (sulfide) groups is 1. The molecule has 2 aromatic carbocycles. The van der Waals surface area contributed by atoms with Gasteiger partial charge in [-0.2, -0.15) is 0 Å². The summed E-state index contributed by atoms with van der Waals surface area (Å²) in [5.41, 5.74) is -0.236. The van der Waals surface area contributed by atoms with Crippen molar-refractivity contribution in [2.75, 3.05) is 6.61 Å². The molecule has 1 saturated heterocycles. The highest BCUT2D eigenvalue weighted by atomic mass is 79.9. The fraction of sp³-hybridized carbons (Fsp3) is 0.320. The number of carbonyl (C=O) groups excluding carboxylic acids is 3. The molecule has 4 atom stereocenters. The molecule has 0 N–H and O–H groups in total. The van der Waals surface area contributed by atoms with E-state index in [-0.39, 0.29) is 17.3 Å². The molecule has 1 aliphatic heterocycles. The van der Waals surface area contributed by atoms with E-state index in [2.05, 4.69) is 15.9 Å². The van der Waals surface area contributed by atoms with Crippen molar-refractivity contribution in [1.29, 1.82) is 0 Å². The normalized spacial score (nSPS) is 21.3. The number of para-hydroxylation sites is 1. The maximum Gasteiger partial charge on any atom is 0.303 e. The average Bonchev–Trinajstić information content (AvgIpc) is 2.83. The van der Waals surface area contributed by atoms with Crippen LogP contribution in [-0.2, 0) is 33.3 Å². The first-order valence-corrected chi connectivity index (χ1v) is 12.9. The van der Waals surface area contributed by atoms with Crippen LogP contribution >= 0.6 is 27.7 Å². The summed E-state index contributed by atoms with van der Waals surface area (Å²) in [5.74, 6) is -1.92. The molecule has 0 spiro atoms. The minimum atomic E-state index is -1.16. The van der Waals surface area contributed by atoms with Crippen molar-refractivity contribution in [1.82, 2.24) is 9.55 Å². The van der Waals surface area contributed by atoms with Crippen molar-refractivity contribution in [2.24, 2.45) is 0 Å². The van der Waals surface area contributed by atoms with E-state index < -0.39 is 41.7 Å². The van der Waals surface area contributed by atoms with Crippen molar-refractivity contribution < 1.29 is 33.3 Å². The van der Waals surface area contributed by atoms with Crippen LogP contribution in [0.1, 0.15) is 20.8 Å². The number of nitrogens with zero attached hydrogens (tertiary/aromatic N) is 2. The van der Waals surface area contributed by atoms with Crippen molar-refractivity contribution >= 4 is 56.5 Å². The Kier molecular flexibility index (Phi) is 8.30. The number of hydrogen-bond donors (Lipinski definition) is 0. The molecule has 3 aromatic rings. The van der Waals surface area contributed by atoms with Crippen LogP contribution in [-0.4, -0.2) is 57.8 Å². The molecule has 0 aliphatic carbocycles. The number of ether oxygens (including phenoxy) is 4. The van der Waals surface area contributed by atoms with Crippen LogP contribution in [0.3, 0.4) is 0 Å². The number of hydrogen-bond acceptors (Lipinski definition) is 10. The second-order valence-electron chi connectivity index (χ2n) is 8.15. The van der Waals surface area contributed by atoms with Crippen LogP contribution in [0.25, 0.3) is 16.6 Å². The lowest BCUT2D eigenvalue weighted by Gasteiger charge is -2.40. The van der Waals surface area contributed by atoms with Crippen LogP contribution in [0, 0.1) is 0 Å². The molecule has 0 amide bonds. The van der Waals surface area contributed by atoms with Gasteiger partial charge in [0.2, 0.25) is 0 Å². The number of rotatable bonds is 6. The van der Waals surface area contributed by atoms with Gasteiger partial charge >= 0.3 is 17.9 Å². The SMILES string of the molecule is CC(=O)O[C@@H]1[C@@H](OC(C)=O)[C@H](OC(C)=O)CO[C@@H]1Sc1nc2ccc(Br)cc2c(=O)n1-c1ccccc1. The number of fused-ring (bicyclic) bond motifs is 1. The standard InChI is InChI=1S/C25H23BrN2O8S/c1-13(29)34-20-12-33-24(22(36-15(3)31)21(20)35-14(2)30)37-25-27-19-10-9-16(26)11-18(19)23(32)28(25)17-7-5-4-6-8-17/h4-11,20-22,24H,12H2,1-3H3/t20-,21+,22-,24-/m1/s1. The lowest BCUT2D eigenvalue weighted by molar-refractivity contribution is -0.213. The molecule has 12 heteroatoms. The summed E-state index contributed by atoms with van der Waals surface area (Å²) in [4.78, 5) is 53.9. The summed E-state index contributed by atoms with van der Waals surface area (Å²) >= 11 is 4.43. The maximum atomic E-state index is 13.6. The first-order chi connectivity index (χ1) is 17.6. The number of carbonyl (C=O) groups is 3. The van der Waals surface area contributed by atoms with Crippen LogP contribution in [0.2, 0.25) is 0 Å². The quantitative estimate of drug-likeness (QED) is 0.240. The van der Waals surface area contributed by atoms with E-state index in [4.69, 9.17) is 23.9 Å². The Morgan fingerprint density at radius 2 is 1.62 bits per heavy atom. The van der Waals surface area contributed by atoms with Gasteiger partial charge in [-0.05, 0) is 30.3 Å². The van der Waals surface area contributed by atoms with Gasteiger partial charge in [-0.3, -0.25) is 23.7 Å². The third kappa shape index (κ3) is 6.20. The fourth-order valence-corrected chi connectivity index (χ4v) is 5.44. The molecule has 1 aliphatic rings. The molecule has 0 saturated carbocycles. The molecular weight excluding hydrogens is 568 g/mol. The monoisotopic (exact) mass is 590 g/mol. The van der Waals surface area contributed by atoms with Gasteiger partial charge in [0.25, 0.3) is 5.56 Å². The van der Waals surface area contributed by atoms with E-state index in [0.29, 0.717) is 16.6 Å². The number of benzene rings is 2. The summed E-state index contributed by atoms with van der Waals surface area (Å²) in [7, 11) is 0. The summed E-state index contributed by atoms with van der Waals surface area (Å²) in [5, 5.41) is 0.664. The molecule has 0 radical (unpaired) electrons. The first-order valence-electron chi connectivity index (χ1n) is 11.2. The van der Waals surface area contributed by atoms with Crippen LogP contribution in [0.5, 0.6) is 0 Å². The molecule has 4 rings (SSSR count). The van der Waals surface area contributed by atoms with Gasteiger partial charge in [0.05, 0.1) is 23.2 Å². The molecule has 1 fully saturated rings. The highest BCUT2D eigenvalue weighted by Gasteiger charge is 2.47. The zero-order chi connectivity index (χ0) is 26.7. The van der Waals surface area contributed by atoms with Crippen LogP contribution in [0.15, 0.2) is 63.0 Å². The van der Waals surface area contributed by atoms with Crippen molar-refractivity contribution in [2.45, 2.75) is 49.7 Å². The smallest absolute Gasteiger partial charge is 0.303 e. The third-order valence-corrected chi connectivity index (χ3v) is 6.95. The highest BCUT2D eigenvalue weighted by Crippen LogP contribution is 2.35. The first kappa shape index (κ1) is 26.8. The minimum absolute atomic E-state index is 0.136. The summed E-state index contributed by atoms with van der Waals surface area (Å²) < 4.78 is 24.3. The lowest BCUT2D eigenvalue weighted by atomic mass is 10.1. The van der Waals surface area contributed by atoms with Gasteiger partial charge in [-0.15, -0.1) is 0 Å². The molecular formula is C25H23BrN2O8S. The predicted octanol–water partition coefficient (Wildman–Crippen LogP) is 3.39. The maximum absolute atomic E-state index is 13.6. The zero-order valence-electron chi connectivity index (χ0n) is 20.1. The molecule has 0 bridgehead atoms. The second kappa shape index (κ2) is 11.4. The largest absolute Gasteiger partial charge is 0.456 e. The Bertz CT molecular complexity index is 1400. The zero-order valence-corrected chi connectivity index (χ0v) is 22.5. The number of aromatic nitrogens is 2. The summed E-state index contributed by atoms with van der Waals surface area (Å²) in [6.07, 6.45) is -3.29. The van der Waals surface area contributed by atoms with Gasteiger partial charge in [0, 0.05) is 25.2 Å². The lowest BCUT2D eigenvalue weighted by Crippen LogP contribution is -2.56. The molecule has 37 heavy (non-hydrogen) atoms. The molecule has 1 aromatic heterocycles. The molecule has 2 heterocycles. The number of halogens is 1. The van der Waals surface area contributed by atoms with Crippen molar-refractivity contribution in [3.8, 4) is 5.69 Å². The van der Waals surface area contributed by atoms with E-state index in [1.807, 2.05) is 6.07 Å². The summed E-state index contributed by atoms with van der Waals surface area (Å²) in [6.45, 7) is 3.48. The third-order valence-electron chi connectivity index (χ3n) is 5.34. The van der Waals surface area contributed by atoms with Gasteiger partial charge in [-0.1, -0.05) is 45.9 Å². The topological polar surface area (TPSA) is 123 Å². The van der Waals surface area contributed by atoms with Crippen molar-refractivity contribution in [3.05, 3.63) is 63.4 Å². The minimum Gasteiger partial charge on any atom is -0.456 e. The number of esters is 3. The molecule has 0 unspecified atom stereocenters. The van der Waals surface area contributed by atoms with Gasteiger partial charge in [0.1, 0.15) is 0 Å². The summed E-state index contributed by atoms with van der Waals surface area (Å²) in [6, 6.07) is 14.1. The van der Waals surface area contributed by atoms with Crippen molar-refractivity contribution in [3.63, 3.8) is 0 Å². The Hall–Kier alpha value is -3.22. The second-order valence-corrected chi connectivity index (χ2v) is 10.1. The Morgan fingerprint density at radius 3 is 2.27 bits per heavy atom. The van der Waals surface area contributed by atoms with Crippen LogP contribution in [0.4, 0.5) is 0 Å². The van der Waals surface area contributed by atoms with Gasteiger partial charge in [-0.25, -0.2) is 4.98 Å². The van der Waals surface area contributed by atoms with E-state index in [0.717, 1.165) is 16.2 Å². The van der Waals surface area contributed by atoms with Crippen LogP contribution < -0.4 is 5.56 Å². The van der Waals surface area contributed by atoms with E-state index in [9.17, 15) is 19.2 Å². The highest BCUT2D eigenvalue weighted by molar-refractivity contribution is 9.10. The van der Waals surface area contributed by atoms with Gasteiger partial charge < -0.3 is 18.9 Å². The Labute approximate surface area is 224 Å². The molecule has 10 nitrogen and oxygen atoms in total. The average molecular weight is 591 g/mol. The van der Waals surface area contributed by atoms with E-state index >= 15 is 0 Å². The molecule has 194 valence electrons. The van der Waals surface area contributed by atoms with E-state index in [1.54, 1.807) is 42.5 Å². The Balaban J connectivity index is 1.81. The Morgan fingerprint density at radius 1 is 0.973 bits per heavy atom. The van der Waals surface area contributed by atoms with Gasteiger partial charge in [0.15, 0.2) is 28.9 Å². The fourth-order valence-electron chi connectivity index (χ4n) is 3.94. The van der Waals surface area contributed by atoms with E-state index in [1.165, 1.54) is 25.3 Å². The predicted molar refractivity (Wildman–Crippen MR) is 137 cm³/mol.